The second kappa shape index (κ2) is 7.21. The van der Waals surface area contributed by atoms with Crippen LogP contribution in [0.15, 0.2) is 53.1 Å². The fraction of sp³-hybridized carbons (Fsp3) is 0.200. The standard InChI is InChI=1S/C20H17BrN2O2S/c1-2-25-20(24)9-13-11-23(17-10-14(21)7-8-15(13)17)12-19-22-16-5-3-4-6-18(16)26-19/h3-8,10-11H,2,9,12H2,1H3. The van der Waals surface area contributed by atoms with Crippen LogP contribution in [0.1, 0.15) is 17.5 Å². The van der Waals surface area contributed by atoms with E-state index < -0.39 is 0 Å². The van der Waals surface area contributed by atoms with E-state index >= 15 is 0 Å². The number of rotatable bonds is 5. The quantitative estimate of drug-likeness (QED) is 0.412. The molecule has 0 fully saturated rings. The van der Waals surface area contributed by atoms with Gasteiger partial charge in [-0.25, -0.2) is 4.98 Å². The maximum atomic E-state index is 12.0. The van der Waals surface area contributed by atoms with Crippen molar-refractivity contribution in [2.75, 3.05) is 6.61 Å². The maximum Gasteiger partial charge on any atom is 0.310 e. The molecule has 2 aromatic heterocycles. The summed E-state index contributed by atoms with van der Waals surface area (Å²) in [6, 6.07) is 14.3. The van der Waals surface area contributed by atoms with Crippen molar-refractivity contribution in [2.45, 2.75) is 19.9 Å². The van der Waals surface area contributed by atoms with Crippen LogP contribution < -0.4 is 0 Å². The van der Waals surface area contributed by atoms with Gasteiger partial charge in [-0.3, -0.25) is 4.79 Å². The molecular weight excluding hydrogens is 412 g/mol. The molecule has 0 amide bonds. The van der Waals surface area contributed by atoms with Crippen LogP contribution in [0.3, 0.4) is 0 Å². The molecule has 2 aromatic carbocycles. The van der Waals surface area contributed by atoms with Crippen molar-refractivity contribution in [1.82, 2.24) is 9.55 Å². The summed E-state index contributed by atoms with van der Waals surface area (Å²) in [4.78, 5) is 16.7. The summed E-state index contributed by atoms with van der Waals surface area (Å²) in [5.74, 6) is -0.200. The zero-order chi connectivity index (χ0) is 18.1. The Balaban J connectivity index is 1.73. The normalized spacial score (nSPS) is 11.3. The molecule has 0 aliphatic heterocycles. The van der Waals surface area contributed by atoms with Gasteiger partial charge in [-0.1, -0.05) is 34.1 Å². The van der Waals surface area contributed by atoms with Crippen LogP contribution in [-0.4, -0.2) is 22.1 Å². The third kappa shape index (κ3) is 3.39. The molecule has 0 aliphatic carbocycles. The Labute approximate surface area is 163 Å². The molecule has 0 spiro atoms. The van der Waals surface area contributed by atoms with E-state index in [2.05, 4.69) is 32.6 Å². The Morgan fingerprint density at radius 1 is 1.27 bits per heavy atom. The number of nitrogens with zero attached hydrogens (tertiary/aromatic N) is 2. The summed E-state index contributed by atoms with van der Waals surface area (Å²) < 4.78 is 9.47. The Hall–Kier alpha value is -2.18. The average Bonchev–Trinajstić information content (AvgIpc) is 3.16. The number of thiazole rings is 1. The molecule has 4 rings (SSSR count). The number of hydrogen-bond acceptors (Lipinski definition) is 4. The molecule has 6 heteroatoms. The average molecular weight is 429 g/mol. The second-order valence-electron chi connectivity index (χ2n) is 6.00. The number of halogens is 1. The molecule has 0 aliphatic rings. The number of carbonyl (C=O) groups is 1. The molecule has 0 unspecified atom stereocenters. The van der Waals surface area contributed by atoms with E-state index in [4.69, 9.17) is 9.72 Å². The smallest absolute Gasteiger partial charge is 0.310 e. The first kappa shape index (κ1) is 17.2. The van der Waals surface area contributed by atoms with Crippen LogP contribution in [0.4, 0.5) is 0 Å². The molecule has 0 bridgehead atoms. The Kier molecular flexibility index (Phi) is 4.78. The summed E-state index contributed by atoms with van der Waals surface area (Å²) >= 11 is 5.25. The third-order valence-electron chi connectivity index (χ3n) is 4.21. The van der Waals surface area contributed by atoms with Gasteiger partial charge in [-0.15, -0.1) is 11.3 Å². The lowest BCUT2D eigenvalue weighted by Gasteiger charge is -2.02. The molecule has 0 N–H and O–H groups in total. The van der Waals surface area contributed by atoms with E-state index in [-0.39, 0.29) is 12.4 Å². The molecule has 0 saturated carbocycles. The number of fused-ring (bicyclic) bond motifs is 2. The maximum absolute atomic E-state index is 12.0. The first-order valence-electron chi connectivity index (χ1n) is 8.41. The van der Waals surface area contributed by atoms with Gasteiger partial charge in [0.05, 0.1) is 29.8 Å². The van der Waals surface area contributed by atoms with Crippen LogP contribution in [0.2, 0.25) is 0 Å². The number of para-hydroxylation sites is 1. The van der Waals surface area contributed by atoms with Crippen molar-refractivity contribution in [3.05, 3.63) is 63.7 Å². The predicted molar refractivity (Wildman–Crippen MR) is 109 cm³/mol. The molecule has 132 valence electrons. The fourth-order valence-corrected chi connectivity index (χ4v) is 4.43. The molecule has 4 nitrogen and oxygen atoms in total. The van der Waals surface area contributed by atoms with E-state index in [1.165, 1.54) is 4.70 Å². The lowest BCUT2D eigenvalue weighted by atomic mass is 10.1. The number of esters is 1. The van der Waals surface area contributed by atoms with E-state index in [0.29, 0.717) is 13.2 Å². The van der Waals surface area contributed by atoms with E-state index in [1.807, 2.05) is 43.5 Å². The molecule has 26 heavy (non-hydrogen) atoms. The Bertz CT molecular complexity index is 1070. The fourth-order valence-electron chi connectivity index (χ4n) is 3.11. The zero-order valence-electron chi connectivity index (χ0n) is 14.2. The summed E-state index contributed by atoms with van der Waals surface area (Å²) in [6.07, 6.45) is 2.32. The van der Waals surface area contributed by atoms with Crippen molar-refractivity contribution in [1.29, 1.82) is 0 Å². The molecule has 2 heterocycles. The lowest BCUT2D eigenvalue weighted by Crippen LogP contribution is -2.07. The minimum atomic E-state index is -0.200. The Morgan fingerprint density at radius 2 is 2.12 bits per heavy atom. The molecular formula is C20H17BrN2O2S. The van der Waals surface area contributed by atoms with Crippen molar-refractivity contribution in [3.8, 4) is 0 Å². The first-order chi connectivity index (χ1) is 12.6. The van der Waals surface area contributed by atoms with Gasteiger partial charge >= 0.3 is 5.97 Å². The highest BCUT2D eigenvalue weighted by molar-refractivity contribution is 9.10. The van der Waals surface area contributed by atoms with Gasteiger partial charge in [0.25, 0.3) is 0 Å². The zero-order valence-corrected chi connectivity index (χ0v) is 16.6. The number of aromatic nitrogens is 2. The molecule has 0 atom stereocenters. The second-order valence-corrected chi connectivity index (χ2v) is 8.03. The topological polar surface area (TPSA) is 44.1 Å². The Morgan fingerprint density at radius 3 is 2.92 bits per heavy atom. The minimum Gasteiger partial charge on any atom is -0.466 e. The SMILES string of the molecule is CCOC(=O)Cc1cn(Cc2nc3ccccc3s2)c2cc(Br)ccc12. The molecule has 4 aromatic rings. The van der Waals surface area contributed by atoms with Gasteiger partial charge in [-0.05, 0) is 36.8 Å². The van der Waals surface area contributed by atoms with Crippen molar-refractivity contribution in [2.24, 2.45) is 0 Å². The third-order valence-corrected chi connectivity index (χ3v) is 5.73. The monoisotopic (exact) mass is 428 g/mol. The van der Waals surface area contributed by atoms with E-state index in [9.17, 15) is 4.79 Å². The highest BCUT2D eigenvalue weighted by Crippen LogP contribution is 2.28. The highest BCUT2D eigenvalue weighted by Gasteiger charge is 2.14. The van der Waals surface area contributed by atoms with E-state index in [1.54, 1.807) is 11.3 Å². The van der Waals surface area contributed by atoms with Gasteiger partial charge < -0.3 is 9.30 Å². The van der Waals surface area contributed by atoms with Crippen molar-refractivity contribution < 1.29 is 9.53 Å². The van der Waals surface area contributed by atoms with Crippen molar-refractivity contribution in [3.63, 3.8) is 0 Å². The van der Waals surface area contributed by atoms with Crippen LogP contribution >= 0.6 is 27.3 Å². The summed E-state index contributed by atoms with van der Waals surface area (Å²) in [5.41, 5.74) is 3.09. The number of hydrogen-bond donors (Lipinski definition) is 0. The minimum absolute atomic E-state index is 0.200. The number of benzene rings is 2. The molecule has 0 saturated heterocycles. The first-order valence-corrected chi connectivity index (χ1v) is 10.0. The van der Waals surface area contributed by atoms with Crippen LogP contribution in [0, 0.1) is 0 Å². The summed E-state index contributed by atoms with van der Waals surface area (Å²) in [5, 5.41) is 2.12. The highest BCUT2D eigenvalue weighted by atomic mass is 79.9. The van der Waals surface area contributed by atoms with Crippen LogP contribution in [0.5, 0.6) is 0 Å². The predicted octanol–water partition coefficient (Wildman–Crippen LogP) is 5.17. The van der Waals surface area contributed by atoms with Gasteiger partial charge in [0.15, 0.2) is 0 Å². The van der Waals surface area contributed by atoms with E-state index in [0.717, 1.165) is 31.5 Å². The van der Waals surface area contributed by atoms with Gasteiger partial charge in [0, 0.05) is 21.6 Å². The van der Waals surface area contributed by atoms with Gasteiger partial charge in [-0.2, -0.15) is 0 Å². The van der Waals surface area contributed by atoms with Crippen LogP contribution in [-0.2, 0) is 22.5 Å². The van der Waals surface area contributed by atoms with Crippen LogP contribution in [0.25, 0.3) is 21.1 Å². The molecule has 0 radical (unpaired) electrons. The van der Waals surface area contributed by atoms with Gasteiger partial charge in [0.1, 0.15) is 5.01 Å². The van der Waals surface area contributed by atoms with Crippen molar-refractivity contribution >= 4 is 54.4 Å². The number of carbonyl (C=O) groups excluding carboxylic acids is 1. The number of ether oxygens (including phenoxy) is 1. The largest absolute Gasteiger partial charge is 0.466 e. The summed E-state index contributed by atoms with van der Waals surface area (Å²) in [7, 11) is 0. The lowest BCUT2D eigenvalue weighted by molar-refractivity contribution is -0.142. The summed E-state index contributed by atoms with van der Waals surface area (Å²) in [6.45, 7) is 2.90. The van der Waals surface area contributed by atoms with Gasteiger partial charge in [0.2, 0.25) is 0 Å².